The van der Waals surface area contributed by atoms with Gasteiger partial charge in [0.1, 0.15) is 0 Å². The topological polar surface area (TPSA) is 29.3 Å². The van der Waals surface area contributed by atoms with Crippen LogP contribution in [0.5, 0.6) is 0 Å². The van der Waals surface area contributed by atoms with E-state index in [2.05, 4.69) is 48.2 Å². The predicted molar refractivity (Wildman–Crippen MR) is 84.7 cm³/mol. The zero-order valence-electron chi connectivity index (χ0n) is 12.1. The SMILES string of the molecule is Cc1ccc(N)c(CN2CCc3ccccc3CC2)c1. The van der Waals surface area contributed by atoms with Gasteiger partial charge < -0.3 is 5.73 Å². The lowest BCUT2D eigenvalue weighted by Gasteiger charge is -2.21. The minimum Gasteiger partial charge on any atom is -0.398 e. The van der Waals surface area contributed by atoms with Gasteiger partial charge in [0.25, 0.3) is 0 Å². The molecule has 104 valence electrons. The molecule has 0 spiro atoms. The van der Waals surface area contributed by atoms with Gasteiger partial charge in [-0.25, -0.2) is 0 Å². The number of nitrogen functional groups attached to an aromatic ring is 1. The molecular formula is C18H22N2. The van der Waals surface area contributed by atoms with Crippen molar-refractivity contribution in [1.82, 2.24) is 4.90 Å². The fourth-order valence-electron chi connectivity index (χ4n) is 2.98. The molecule has 0 aromatic heterocycles. The number of hydrogen-bond donors (Lipinski definition) is 1. The van der Waals surface area contributed by atoms with Gasteiger partial charge in [0.15, 0.2) is 0 Å². The number of fused-ring (bicyclic) bond motifs is 1. The number of rotatable bonds is 2. The highest BCUT2D eigenvalue weighted by Crippen LogP contribution is 2.20. The van der Waals surface area contributed by atoms with Gasteiger partial charge in [-0.15, -0.1) is 0 Å². The third-order valence-corrected chi connectivity index (χ3v) is 4.21. The van der Waals surface area contributed by atoms with Crippen LogP contribution in [0.15, 0.2) is 42.5 Å². The number of hydrogen-bond acceptors (Lipinski definition) is 2. The summed E-state index contributed by atoms with van der Waals surface area (Å²) >= 11 is 0. The molecule has 0 saturated heterocycles. The molecule has 0 atom stereocenters. The van der Waals surface area contributed by atoms with Crippen LogP contribution >= 0.6 is 0 Å². The highest BCUT2D eigenvalue weighted by atomic mass is 15.1. The minimum atomic E-state index is 0.914. The van der Waals surface area contributed by atoms with E-state index in [0.717, 1.165) is 38.2 Å². The van der Waals surface area contributed by atoms with E-state index < -0.39 is 0 Å². The Kier molecular flexibility index (Phi) is 3.75. The summed E-state index contributed by atoms with van der Waals surface area (Å²) in [6.45, 7) is 5.32. The van der Waals surface area contributed by atoms with Crippen molar-refractivity contribution in [1.29, 1.82) is 0 Å². The van der Waals surface area contributed by atoms with Gasteiger partial charge in [0.2, 0.25) is 0 Å². The molecule has 0 aliphatic carbocycles. The minimum absolute atomic E-state index is 0.914. The predicted octanol–water partition coefficient (Wildman–Crippen LogP) is 3.18. The summed E-state index contributed by atoms with van der Waals surface area (Å²) in [4.78, 5) is 2.52. The lowest BCUT2D eigenvalue weighted by molar-refractivity contribution is 0.279. The van der Waals surface area contributed by atoms with Crippen molar-refractivity contribution >= 4 is 5.69 Å². The molecule has 1 aliphatic rings. The summed E-state index contributed by atoms with van der Waals surface area (Å²) in [6, 6.07) is 15.1. The first-order chi connectivity index (χ1) is 9.72. The van der Waals surface area contributed by atoms with Gasteiger partial charge in [-0.1, -0.05) is 42.0 Å². The molecule has 0 fully saturated rings. The maximum Gasteiger partial charge on any atom is 0.0359 e. The molecule has 1 heterocycles. The Bertz CT molecular complexity index is 577. The molecule has 0 bridgehead atoms. The molecule has 3 rings (SSSR count). The number of nitrogens with zero attached hydrogens (tertiary/aromatic N) is 1. The van der Waals surface area contributed by atoms with Crippen molar-refractivity contribution in [2.75, 3.05) is 18.8 Å². The molecule has 2 aromatic rings. The van der Waals surface area contributed by atoms with E-state index in [1.807, 2.05) is 6.07 Å². The van der Waals surface area contributed by atoms with Crippen molar-refractivity contribution in [3.8, 4) is 0 Å². The first-order valence-electron chi connectivity index (χ1n) is 7.36. The van der Waals surface area contributed by atoms with Gasteiger partial charge in [0.05, 0.1) is 0 Å². The molecule has 1 aliphatic heterocycles. The van der Waals surface area contributed by atoms with Crippen molar-refractivity contribution in [2.45, 2.75) is 26.3 Å². The Balaban J connectivity index is 1.73. The zero-order chi connectivity index (χ0) is 13.9. The molecule has 20 heavy (non-hydrogen) atoms. The van der Waals surface area contributed by atoms with Crippen molar-refractivity contribution in [3.05, 3.63) is 64.7 Å². The molecule has 2 heteroatoms. The van der Waals surface area contributed by atoms with Crippen LogP contribution in [0.1, 0.15) is 22.3 Å². The molecule has 0 amide bonds. The van der Waals surface area contributed by atoms with Crippen LogP contribution in [0.25, 0.3) is 0 Å². The van der Waals surface area contributed by atoms with E-state index in [9.17, 15) is 0 Å². The highest BCUT2D eigenvalue weighted by Gasteiger charge is 2.14. The third kappa shape index (κ3) is 2.86. The smallest absolute Gasteiger partial charge is 0.0359 e. The van der Waals surface area contributed by atoms with Crippen LogP contribution in [0, 0.1) is 6.92 Å². The Morgan fingerprint density at radius 3 is 2.30 bits per heavy atom. The van der Waals surface area contributed by atoms with Crippen molar-refractivity contribution < 1.29 is 0 Å². The van der Waals surface area contributed by atoms with E-state index in [1.165, 1.54) is 22.3 Å². The van der Waals surface area contributed by atoms with Crippen LogP contribution in [0.4, 0.5) is 5.69 Å². The number of nitrogens with two attached hydrogens (primary N) is 1. The van der Waals surface area contributed by atoms with E-state index in [0.29, 0.717) is 0 Å². The van der Waals surface area contributed by atoms with Crippen LogP contribution < -0.4 is 5.73 Å². The van der Waals surface area contributed by atoms with Crippen LogP contribution in [-0.2, 0) is 19.4 Å². The Labute approximate surface area is 121 Å². The maximum atomic E-state index is 6.10. The van der Waals surface area contributed by atoms with E-state index in [-0.39, 0.29) is 0 Å². The van der Waals surface area contributed by atoms with Gasteiger partial charge in [-0.2, -0.15) is 0 Å². The quantitative estimate of drug-likeness (QED) is 0.846. The second kappa shape index (κ2) is 5.68. The van der Waals surface area contributed by atoms with Crippen LogP contribution in [-0.4, -0.2) is 18.0 Å². The first kappa shape index (κ1) is 13.2. The average molecular weight is 266 g/mol. The monoisotopic (exact) mass is 266 g/mol. The Morgan fingerprint density at radius 1 is 1.00 bits per heavy atom. The largest absolute Gasteiger partial charge is 0.398 e. The van der Waals surface area contributed by atoms with Gasteiger partial charge in [0, 0.05) is 25.3 Å². The maximum absolute atomic E-state index is 6.10. The van der Waals surface area contributed by atoms with Crippen LogP contribution in [0.3, 0.4) is 0 Å². The highest BCUT2D eigenvalue weighted by molar-refractivity contribution is 5.48. The molecule has 2 nitrogen and oxygen atoms in total. The fourth-order valence-corrected chi connectivity index (χ4v) is 2.98. The van der Waals surface area contributed by atoms with Gasteiger partial charge >= 0.3 is 0 Å². The van der Waals surface area contributed by atoms with E-state index in [1.54, 1.807) is 0 Å². The zero-order valence-corrected chi connectivity index (χ0v) is 12.1. The summed E-state index contributed by atoms with van der Waals surface area (Å²) in [6.07, 6.45) is 2.28. The van der Waals surface area contributed by atoms with Gasteiger partial charge in [-0.05, 0) is 42.5 Å². The molecular weight excluding hydrogens is 244 g/mol. The third-order valence-electron chi connectivity index (χ3n) is 4.21. The first-order valence-corrected chi connectivity index (χ1v) is 7.36. The summed E-state index contributed by atoms with van der Waals surface area (Å²) in [5, 5.41) is 0. The molecule has 2 N–H and O–H groups in total. The van der Waals surface area contributed by atoms with Crippen molar-refractivity contribution in [3.63, 3.8) is 0 Å². The lowest BCUT2D eigenvalue weighted by Crippen LogP contribution is -2.26. The number of anilines is 1. The standard InChI is InChI=1S/C18H22N2/c1-14-6-7-18(19)17(12-14)13-20-10-8-15-4-2-3-5-16(15)9-11-20/h2-7,12H,8-11,13,19H2,1H3. The summed E-state index contributed by atoms with van der Waals surface area (Å²) in [7, 11) is 0. The van der Waals surface area contributed by atoms with E-state index in [4.69, 9.17) is 5.73 Å². The fraction of sp³-hybridized carbons (Fsp3) is 0.333. The summed E-state index contributed by atoms with van der Waals surface area (Å²) in [5.74, 6) is 0. The summed E-state index contributed by atoms with van der Waals surface area (Å²) < 4.78 is 0. The van der Waals surface area contributed by atoms with Crippen LogP contribution in [0.2, 0.25) is 0 Å². The second-order valence-electron chi connectivity index (χ2n) is 5.75. The van der Waals surface area contributed by atoms with Gasteiger partial charge in [-0.3, -0.25) is 4.90 Å². The number of aryl methyl sites for hydroxylation is 1. The molecule has 2 aromatic carbocycles. The van der Waals surface area contributed by atoms with Crippen molar-refractivity contribution in [2.24, 2.45) is 0 Å². The Hall–Kier alpha value is -1.80. The Morgan fingerprint density at radius 2 is 1.65 bits per heavy atom. The summed E-state index contributed by atoms with van der Waals surface area (Å²) in [5.41, 5.74) is 12.6. The molecule has 0 radical (unpaired) electrons. The second-order valence-corrected chi connectivity index (χ2v) is 5.75. The average Bonchev–Trinajstić information content (AvgIpc) is 2.66. The normalized spacial score (nSPS) is 15.7. The molecule has 0 saturated carbocycles. The lowest BCUT2D eigenvalue weighted by atomic mass is 10.0. The molecule has 0 unspecified atom stereocenters. The number of benzene rings is 2. The van der Waals surface area contributed by atoms with E-state index >= 15 is 0 Å².